The van der Waals surface area contributed by atoms with Crippen LogP contribution in [0.5, 0.6) is 0 Å². The van der Waals surface area contributed by atoms with Crippen molar-refractivity contribution < 1.29 is 9.26 Å². The van der Waals surface area contributed by atoms with Crippen molar-refractivity contribution in [1.82, 2.24) is 15.0 Å². The van der Waals surface area contributed by atoms with Gasteiger partial charge in [0, 0.05) is 18.5 Å². The molecule has 1 aromatic rings. The van der Waals surface area contributed by atoms with Crippen LogP contribution in [0, 0.1) is 0 Å². The van der Waals surface area contributed by atoms with Crippen molar-refractivity contribution in [2.45, 2.75) is 52.2 Å². The Labute approximate surface area is 108 Å². The van der Waals surface area contributed by atoms with E-state index in [2.05, 4.69) is 49.7 Å². The van der Waals surface area contributed by atoms with Crippen molar-refractivity contribution in [1.29, 1.82) is 0 Å². The van der Waals surface area contributed by atoms with Gasteiger partial charge in [0.15, 0.2) is 5.82 Å². The highest BCUT2D eigenvalue weighted by Gasteiger charge is 2.28. The molecule has 1 aromatic heterocycles. The SMILES string of the molecule is C[C@@H]1CN([C@H](C)c2nc(C(C)(C)C)no2)CCO1. The number of hydrogen-bond acceptors (Lipinski definition) is 5. The first-order valence-corrected chi connectivity index (χ1v) is 6.57. The van der Waals surface area contributed by atoms with Crippen LogP contribution in [0.25, 0.3) is 0 Å². The number of hydrogen-bond donors (Lipinski definition) is 0. The molecule has 2 rings (SSSR count). The van der Waals surface area contributed by atoms with Crippen molar-refractivity contribution in [2.24, 2.45) is 0 Å². The molecular formula is C13H23N3O2. The molecule has 5 heteroatoms. The number of nitrogens with zero attached hydrogens (tertiary/aromatic N) is 3. The van der Waals surface area contributed by atoms with Crippen LogP contribution in [0.1, 0.15) is 52.4 Å². The Morgan fingerprint density at radius 3 is 2.67 bits per heavy atom. The lowest BCUT2D eigenvalue weighted by Crippen LogP contribution is -2.42. The second-order valence-corrected chi connectivity index (χ2v) is 6.06. The topological polar surface area (TPSA) is 51.4 Å². The Morgan fingerprint density at radius 2 is 2.11 bits per heavy atom. The van der Waals surface area contributed by atoms with E-state index < -0.39 is 0 Å². The van der Waals surface area contributed by atoms with Crippen LogP contribution < -0.4 is 0 Å². The fourth-order valence-electron chi connectivity index (χ4n) is 2.06. The molecule has 102 valence electrons. The Balaban J connectivity index is 2.09. The van der Waals surface area contributed by atoms with Gasteiger partial charge in [0.2, 0.25) is 5.89 Å². The highest BCUT2D eigenvalue weighted by Crippen LogP contribution is 2.24. The van der Waals surface area contributed by atoms with Gasteiger partial charge in [-0.1, -0.05) is 25.9 Å². The maximum Gasteiger partial charge on any atom is 0.243 e. The molecule has 1 aliphatic rings. The van der Waals surface area contributed by atoms with E-state index in [1.807, 2.05) is 0 Å². The molecule has 1 saturated heterocycles. The van der Waals surface area contributed by atoms with E-state index in [1.165, 1.54) is 0 Å². The van der Waals surface area contributed by atoms with Crippen molar-refractivity contribution in [3.05, 3.63) is 11.7 Å². The van der Waals surface area contributed by atoms with E-state index in [1.54, 1.807) is 0 Å². The van der Waals surface area contributed by atoms with Gasteiger partial charge in [0.1, 0.15) is 0 Å². The first-order chi connectivity index (χ1) is 8.38. The van der Waals surface area contributed by atoms with Crippen LogP contribution in [0.2, 0.25) is 0 Å². The Hall–Kier alpha value is -0.940. The Kier molecular flexibility index (Phi) is 3.73. The van der Waals surface area contributed by atoms with Crippen molar-refractivity contribution >= 4 is 0 Å². The second kappa shape index (κ2) is 4.97. The molecule has 18 heavy (non-hydrogen) atoms. The summed E-state index contributed by atoms with van der Waals surface area (Å²) in [7, 11) is 0. The summed E-state index contributed by atoms with van der Waals surface area (Å²) >= 11 is 0. The van der Waals surface area contributed by atoms with Gasteiger partial charge >= 0.3 is 0 Å². The van der Waals surface area contributed by atoms with Crippen LogP contribution in [-0.4, -0.2) is 40.8 Å². The van der Waals surface area contributed by atoms with Crippen molar-refractivity contribution in [3.63, 3.8) is 0 Å². The van der Waals surface area contributed by atoms with E-state index in [4.69, 9.17) is 9.26 Å². The van der Waals surface area contributed by atoms with E-state index in [0.29, 0.717) is 5.89 Å². The molecule has 5 nitrogen and oxygen atoms in total. The zero-order valence-corrected chi connectivity index (χ0v) is 11.9. The molecule has 0 saturated carbocycles. The van der Waals surface area contributed by atoms with Crippen LogP contribution in [0.3, 0.4) is 0 Å². The minimum Gasteiger partial charge on any atom is -0.376 e. The minimum absolute atomic E-state index is 0.0697. The van der Waals surface area contributed by atoms with Crippen LogP contribution in [-0.2, 0) is 10.2 Å². The quantitative estimate of drug-likeness (QED) is 0.808. The second-order valence-electron chi connectivity index (χ2n) is 6.06. The Morgan fingerprint density at radius 1 is 1.39 bits per heavy atom. The summed E-state index contributed by atoms with van der Waals surface area (Å²) in [6.45, 7) is 13.1. The third-order valence-corrected chi connectivity index (χ3v) is 3.29. The summed E-state index contributed by atoms with van der Waals surface area (Å²) in [5, 5.41) is 4.08. The fraction of sp³-hybridized carbons (Fsp3) is 0.846. The van der Waals surface area contributed by atoms with Gasteiger partial charge in [-0.2, -0.15) is 4.98 Å². The molecule has 0 radical (unpaired) electrons. The van der Waals surface area contributed by atoms with Crippen LogP contribution in [0.15, 0.2) is 4.52 Å². The average Bonchev–Trinajstić information content (AvgIpc) is 2.77. The molecule has 1 fully saturated rings. The normalized spacial score (nSPS) is 24.2. The standard InChI is InChI=1S/C13H23N3O2/c1-9-8-16(6-7-17-9)10(2)11-14-12(15-18-11)13(3,4)5/h9-10H,6-8H2,1-5H3/t9-,10-/m1/s1. The van der Waals surface area contributed by atoms with Gasteiger partial charge in [0.25, 0.3) is 0 Å². The highest BCUT2D eigenvalue weighted by molar-refractivity contribution is 5.02. The average molecular weight is 253 g/mol. The van der Waals surface area contributed by atoms with Gasteiger partial charge < -0.3 is 9.26 Å². The molecule has 1 aliphatic heterocycles. The number of morpholine rings is 1. The third kappa shape index (κ3) is 2.90. The lowest BCUT2D eigenvalue weighted by molar-refractivity contribution is -0.0361. The largest absolute Gasteiger partial charge is 0.376 e. The molecule has 0 unspecified atom stereocenters. The smallest absolute Gasteiger partial charge is 0.243 e. The molecule has 0 aliphatic carbocycles. The third-order valence-electron chi connectivity index (χ3n) is 3.29. The molecule has 0 spiro atoms. The number of ether oxygens (including phenoxy) is 1. The summed E-state index contributed by atoms with van der Waals surface area (Å²) < 4.78 is 10.9. The summed E-state index contributed by atoms with van der Waals surface area (Å²) in [5.41, 5.74) is -0.0697. The van der Waals surface area contributed by atoms with E-state index in [0.717, 1.165) is 25.5 Å². The van der Waals surface area contributed by atoms with Crippen LogP contribution in [0.4, 0.5) is 0 Å². The zero-order chi connectivity index (χ0) is 13.3. The van der Waals surface area contributed by atoms with Gasteiger partial charge in [-0.3, -0.25) is 4.90 Å². The van der Waals surface area contributed by atoms with Gasteiger partial charge in [-0.05, 0) is 13.8 Å². The Bertz CT molecular complexity index is 397. The molecular weight excluding hydrogens is 230 g/mol. The lowest BCUT2D eigenvalue weighted by Gasteiger charge is -2.33. The van der Waals surface area contributed by atoms with Crippen molar-refractivity contribution in [2.75, 3.05) is 19.7 Å². The van der Waals surface area contributed by atoms with Crippen LogP contribution >= 0.6 is 0 Å². The predicted octanol–water partition coefficient (Wildman–Crippen LogP) is 2.15. The van der Waals surface area contributed by atoms with Crippen molar-refractivity contribution in [3.8, 4) is 0 Å². The maximum atomic E-state index is 5.55. The fourth-order valence-corrected chi connectivity index (χ4v) is 2.06. The lowest BCUT2D eigenvalue weighted by atomic mass is 9.96. The minimum atomic E-state index is -0.0697. The molecule has 2 atom stereocenters. The molecule has 0 aromatic carbocycles. The van der Waals surface area contributed by atoms with Gasteiger partial charge in [-0.15, -0.1) is 0 Å². The van der Waals surface area contributed by atoms with E-state index >= 15 is 0 Å². The summed E-state index contributed by atoms with van der Waals surface area (Å²) in [6, 6.07) is 0.153. The van der Waals surface area contributed by atoms with Gasteiger partial charge in [-0.25, -0.2) is 0 Å². The maximum absolute atomic E-state index is 5.55. The first-order valence-electron chi connectivity index (χ1n) is 6.57. The monoisotopic (exact) mass is 253 g/mol. The number of aromatic nitrogens is 2. The first kappa shape index (κ1) is 13.5. The summed E-state index contributed by atoms with van der Waals surface area (Å²) in [4.78, 5) is 6.85. The summed E-state index contributed by atoms with van der Waals surface area (Å²) in [5.74, 6) is 1.47. The van der Waals surface area contributed by atoms with E-state index in [-0.39, 0.29) is 17.6 Å². The van der Waals surface area contributed by atoms with Gasteiger partial charge in [0.05, 0.1) is 18.8 Å². The number of rotatable bonds is 2. The summed E-state index contributed by atoms with van der Waals surface area (Å²) in [6.07, 6.45) is 0.270. The predicted molar refractivity (Wildman–Crippen MR) is 68.4 cm³/mol. The molecule has 0 bridgehead atoms. The zero-order valence-electron chi connectivity index (χ0n) is 11.9. The van der Waals surface area contributed by atoms with E-state index in [9.17, 15) is 0 Å². The molecule has 2 heterocycles. The highest BCUT2D eigenvalue weighted by atomic mass is 16.5. The molecule has 0 N–H and O–H groups in total. The molecule has 0 amide bonds.